The van der Waals surface area contributed by atoms with Gasteiger partial charge in [0, 0.05) is 31.3 Å². The Kier molecular flexibility index (Phi) is 6.31. The van der Waals surface area contributed by atoms with E-state index in [0.717, 1.165) is 0 Å². The molecule has 1 amide bonds. The highest BCUT2D eigenvalue weighted by Gasteiger charge is 2.35. The molecule has 0 spiro atoms. The van der Waals surface area contributed by atoms with E-state index in [9.17, 15) is 13.2 Å². The highest BCUT2D eigenvalue weighted by molar-refractivity contribution is 7.91. The zero-order chi connectivity index (χ0) is 17.0. The molecule has 128 valence electrons. The number of amides is 1. The second-order valence-electron chi connectivity index (χ2n) is 5.53. The normalized spacial score (nSPS) is 19.7. The van der Waals surface area contributed by atoms with E-state index in [0.29, 0.717) is 36.6 Å². The van der Waals surface area contributed by atoms with Gasteiger partial charge in [0.05, 0.1) is 22.1 Å². The number of carbonyl (C=O) groups is 1. The van der Waals surface area contributed by atoms with Gasteiger partial charge in [-0.15, -0.1) is 0 Å². The van der Waals surface area contributed by atoms with E-state index in [4.69, 9.17) is 27.9 Å². The lowest BCUT2D eigenvalue weighted by molar-refractivity contribution is 0.0674. The Hall–Kier alpha value is -0.820. The smallest absolute Gasteiger partial charge is 0.255 e. The maximum Gasteiger partial charge on any atom is 0.255 e. The summed E-state index contributed by atoms with van der Waals surface area (Å²) >= 11 is 12.0. The lowest BCUT2D eigenvalue weighted by atomic mass is 10.1. The first-order chi connectivity index (χ1) is 10.8. The molecule has 0 bridgehead atoms. The van der Waals surface area contributed by atoms with Crippen LogP contribution < -0.4 is 0 Å². The molecule has 1 atom stereocenters. The predicted molar refractivity (Wildman–Crippen MR) is 91.1 cm³/mol. The van der Waals surface area contributed by atoms with Crippen LogP contribution in [0.2, 0.25) is 10.0 Å². The molecule has 1 saturated heterocycles. The Morgan fingerprint density at radius 1 is 1.39 bits per heavy atom. The zero-order valence-electron chi connectivity index (χ0n) is 12.8. The van der Waals surface area contributed by atoms with Crippen molar-refractivity contribution in [1.29, 1.82) is 0 Å². The van der Waals surface area contributed by atoms with E-state index in [1.807, 2.05) is 0 Å². The molecule has 1 aromatic carbocycles. The highest BCUT2D eigenvalue weighted by Crippen LogP contribution is 2.25. The van der Waals surface area contributed by atoms with Crippen molar-refractivity contribution in [3.63, 3.8) is 0 Å². The van der Waals surface area contributed by atoms with Crippen LogP contribution in [0.4, 0.5) is 0 Å². The van der Waals surface area contributed by atoms with Gasteiger partial charge in [-0.1, -0.05) is 23.2 Å². The minimum atomic E-state index is -3.08. The summed E-state index contributed by atoms with van der Waals surface area (Å²) in [5, 5.41) is 0.709. The second-order valence-corrected chi connectivity index (χ2v) is 8.60. The van der Waals surface area contributed by atoms with Crippen molar-refractivity contribution in [2.75, 3.05) is 31.8 Å². The number of benzene rings is 1. The Balaban J connectivity index is 2.23. The van der Waals surface area contributed by atoms with Crippen molar-refractivity contribution in [2.24, 2.45) is 0 Å². The molecule has 0 aliphatic carbocycles. The number of sulfone groups is 1. The monoisotopic (exact) mass is 379 g/mol. The van der Waals surface area contributed by atoms with Crippen LogP contribution in [0.5, 0.6) is 0 Å². The summed E-state index contributed by atoms with van der Waals surface area (Å²) in [4.78, 5) is 14.4. The minimum Gasteiger partial charge on any atom is -0.385 e. The molecule has 5 nitrogen and oxygen atoms in total. The maximum atomic E-state index is 12.8. The molecular weight excluding hydrogens is 361 g/mol. The van der Waals surface area contributed by atoms with Crippen molar-refractivity contribution >= 4 is 38.9 Å². The van der Waals surface area contributed by atoms with Crippen LogP contribution in [-0.2, 0) is 14.6 Å². The van der Waals surface area contributed by atoms with Crippen molar-refractivity contribution < 1.29 is 17.9 Å². The molecule has 1 aliphatic heterocycles. The topological polar surface area (TPSA) is 63.7 Å². The lowest BCUT2D eigenvalue weighted by Crippen LogP contribution is -2.42. The Labute approximate surface area is 146 Å². The number of carbonyl (C=O) groups excluding carboxylic acids is 1. The van der Waals surface area contributed by atoms with Crippen LogP contribution in [0, 0.1) is 0 Å². The standard InChI is InChI=1S/C15H19Cl2NO4S/c1-22-7-2-6-18(12-5-8-23(20,21)10-12)15(19)13-4-3-11(16)9-14(13)17/h3-4,9,12H,2,5-8,10H2,1H3. The molecule has 23 heavy (non-hydrogen) atoms. The van der Waals surface area contributed by atoms with Crippen molar-refractivity contribution in [2.45, 2.75) is 18.9 Å². The van der Waals surface area contributed by atoms with E-state index < -0.39 is 9.84 Å². The number of hydrogen-bond acceptors (Lipinski definition) is 4. The van der Waals surface area contributed by atoms with Crippen LogP contribution >= 0.6 is 23.2 Å². The minimum absolute atomic E-state index is 0.00304. The van der Waals surface area contributed by atoms with Crippen LogP contribution in [0.25, 0.3) is 0 Å². The average Bonchev–Trinajstić information content (AvgIpc) is 2.83. The lowest BCUT2D eigenvalue weighted by Gasteiger charge is -2.28. The van der Waals surface area contributed by atoms with Gasteiger partial charge in [0.15, 0.2) is 9.84 Å². The van der Waals surface area contributed by atoms with Gasteiger partial charge in [-0.05, 0) is 31.0 Å². The number of rotatable bonds is 6. The van der Waals surface area contributed by atoms with E-state index in [1.54, 1.807) is 24.1 Å². The largest absolute Gasteiger partial charge is 0.385 e. The third-order valence-electron chi connectivity index (χ3n) is 3.82. The van der Waals surface area contributed by atoms with Gasteiger partial charge < -0.3 is 9.64 Å². The molecule has 0 aromatic heterocycles. The summed E-state index contributed by atoms with van der Waals surface area (Å²) in [5.41, 5.74) is 0.331. The molecule has 1 aliphatic rings. The summed E-state index contributed by atoms with van der Waals surface area (Å²) in [6.07, 6.45) is 1.08. The molecule has 1 fully saturated rings. The van der Waals surface area contributed by atoms with Gasteiger partial charge in [-0.3, -0.25) is 4.79 Å². The third kappa shape index (κ3) is 4.83. The molecule has 2 rings (SSSR count). The second kappa shape index (κ2) is 7.83. The van der Waals surface area contributed by atoms with Gasteiger partial charge in [-0.2, -0.15) is 0 Å². The number of ether oxygens (including phenoxy) is 1. The highest BCUT2D eigenvalue weighted by atomic mass is 35.5. The van der Waals surface area contributed by atoms with E-state index >= 15 is 0 Å². The zero-order valence-corrected chi connectivity index (χ0v) is 15.1. The van der Waals surface area contributed by atoms with E-state index in [-0.39, 0.29) is 28.5 Å². The van der Waals surface area contributed by atoms with Crippen molar-refractivity contribution in [3.8, 4) is 0 Å². The molecule has 1 unspecified atom stereocenters. The number of methoxy groups -OCH3 is 1. The van der Waals surface area contributed by atoms with E-state index in [1.165, 1.54) is 6.07 Å². The summed E-state index contributed by atoms with van der Waals surface area (Å²) in [7, 11) is -1.50. The summed E-state index contributed by atoms with van der Waals surface area (Å²) in [6.45, 7) is 0.920. The number of nitrogens with zero attached hydrogens (tertiary/aromatic N) is 1. The summed E-state index contributed by atoms with van der Waals surface area (Å²) in [6, 6.07) is 4.35. The molecule has 1 aromatic rings. The molecule has 0 radical (unpaired) electrons. The van der Waals surface area contributed by atoms with Gasteiger partial charge in [0.1, 0.15) is 0 Å². The Morgan fingerprint density at radius 3 is 2.70 bits per heavy atom. The molecule has 1 heterocycles. The number of halogens is 2. The van der Waals surface area contributed by atoms with Crippen LogP contribution in [0.3, 0.4) is 0 Å². The van der Waals surface area contributed by atoms with Crippen LogP contribution in [-0.4, -0.2) is 57.0 Å². The maximum absolute atomic E-state index is 12.8. The summed E-state index contributed by atoms with van der Waals surface area (Å²) < 4.78 is 28.5. The Morgan fingerprint density at radius 2 is 2.13 bits per heavy atom. The number of hydrogen-bond donors (Lipinski definition) is 0. The van der Waals surface area contributed by atoms with Crippen LogP contribution in [0.1, 0.15) is 23.2 Å². The van der Waals surface area contributed by atoms with Gasteiger partial charge >= 0.3 is 0 Å². The third-order valence-corrected chi connectivity index (χ3v) is 6.12. The molecule has 0 saturated carbocycles. The average molecular weight is 380 g/mol. The summed E-state index contributed by atoms with van der Waals surface area (Å²) in [5.74, 6) is -0.165. The van der Waals surface area contributed by atoms with Gasteiger partial charge in [0.2, 0.25) is 0 Å². The van der Waals surface area contributed by atoms with Crippen molar-refractivity contribution in [3.05, 3.63) is 33.8 Å². The first-order valence-corrected chi connectivity index (χ1v) is 9.87. The van der Waals surface area contributed by atoms with E-state index in [2.05, 4.69) is 0 Å². The first-order valence-electron chi connectivity index (χ1n) is 7.29. The van der Waals surface area contributed by atoms with Gasteiger partial charge in [0.25, 0.3) is 5.91 Å². The molecule has 0 N–H and O–H groups in total. The fourth-order valence-electron chi connectivity index (χ4n) is 2.67. The van der Waals surface area contributed by atoms with Gasteiger partial charge in [-0.25, -0.2) is 8.42 Å². The first kappa shape index (κ1) is 18.5. The molecule has 8 heteroatoms. The quantitative estimate of drug-likeness (QED) is 0.712. The fraction of sp³-hybridized carbons (Fsp3) is 0.533. The molecular formula is C15H19Cl2NO4S. The van der Waals surface area contributed by atoms with Crippen LogP contribution in [0.15, 0.2) is 18.2 Å². The predicted octanol–water partition coefficient (Wildman–Crippen LogP) is 2.66. The Bertz CT molecular complexity index is 678. The van der Waals surface area contributed by atoms with Crippen molar-refractivity contribution in [1.82, 2.24) is 4.90 Å². The fourth-order valence-corrected chi connectivity index (χ4v) is 4.89. The SMILES string of the molecule is COCCCN(C(=O)c1ccc(Cl)cc1Cl)C1CCS(=O)(=O)C1.